The van der Waals surface area contributed by atoms with Crippen LogP contribution in [0.5, 0.6) is 0 Å². The maximum Gasteiger partial charge on any atom is 0.220 e. The van der Waals surface area contributed by atoms with Gasteiger partial charge in [0.1, 0.15) is 0 Å². The summed E-state index contributed by atoms with van der Waals surface area (Å²) in [7, 11) is 0. The minimum absolute atomic E-state index is 0.130. The Morgan fingerprint density at radius 1 is 0.917 bits per heavy atom. The highest BCUT2D eigenvalue weighted by Crippen LogP contribution is 2.24. The highest BCUT2D eigenvalue weighted by atomic mass is 16.1. The maximum atomic E-state index is 12.6. The number of amides is 1. The first-order valence-electron chi connectivity index (χ1n) is 13.2. The van der Waals surface area contributed by atoms with Crippen LogP contribution in [0.25, 0.3) is 10.9 Å². The van der Waals surface area contributed by atoms with E-state index < -0.39 is 0 Å². The molecule has 0 aliphatic heterocycles. The third kappa shape index (κ3) is 6.86. The number of carbonyl (C=O) groups is 1. The Labute approximate surface area is 215 Å². The Kier molecular flexibility index (Phi) is 8.96. The zero-order chi connectivity index (χ0) is 25.3. The van der Waals surface area contributed by atoms with Crippen molar-refractivity contribution in [3.05, 3.63) is 107 Å². The molecule has 3 aromatic carbocycles. The van der Waals surface area contributed by atoms with Crippen molar-refractivity contribution in [2.24, 2.45) is 0 Å². The van der Waals surface area contributed by atoms with Gasteiger partial charge in [-0.15, -0.1) is 0 Å². The molecule has 4 aromatic rings. The van der Waals surface area contributed by atoms with Gasteiger partial charge in [0.2, 0.25) is 5.91 Å². The largest absolute Gasteiger partial charge is 0.356 e. The first-order chi connectivity index (χ1) is 17.5. The lowest BCUT2D eigenvalue weighted by Crippen LogP contribution is -2.34. The zero-order valence-corrected chi connectivity index (χ0v) is 21.9. The molecule has 1 N–H and O–H groups in total. The van der Waals surface area contributed by atoms with Gasteiger partial charge < -0.3 is 9.88 Å². The van der Waals surface area contributed by atoms with Gasteiger partial charge in [-0.25, -0.2) is 0 Å². The van der Waals surface area contributed by atoms with E-state index in [2.05, 4.69) is 121 Å². The molecule has 1 amide bonds. The van der Waals surface area contributed by atoms with Crippen LogP contribution in [-0.2, 0) is 24.3 Å². The van der Waals surface area contributed by atoms with Crippen LogP contribution >= 0.6 is 0 Å². The number of hydrogen-bond acceptors (Lipinski definition) is 2. The zero-order valence-electron chi connectivity index (χ0n) is 21.9. The predicted molar refractivity (Wildman–Crippen MR) is 150 cm³/mol. The second-order valence-corrected chi connectivity index (χ2v) is 9.98. The predicted octanol–water partition coefficient (Wildman–Crippen LogP) is 6.35. The summed E-state index contributed by atoms with van der Waals surface area (Å²) in [6, 6.07) is 28.1. The first-order valence-corrected chi connectivity index (χ1v) is 13.2. The van der Waals surface area contributed by atoms with Crippen LogP contribution in [-0.4, -0.2) is 34.5 Å². The standard InChI is InChI=1S/C32H39N3O/c1-25(2)34(22-27-13-5-4-6-14-27)21-11-20-33-32(36)19-18-29-24-35(31-17-10-9-16-30(29)31)23-28-15-8-7-12-26(28)3/h4-10,12-17,24-25H,11,18-23H2,1-3H3,(H,33,36). The van der Waals surface area contributed by atoms with Crippen LogP contribution in [0.15, 0.2) is 85.1 Å². The van der Waals surface area contributed by atoms with E-state index in [1.165, 1.54) is 33.2 Å². The number of nitrogens with one attached hydrogen (secondary N) is 1. The van der Waals surface area contributed by atoms with E-state index >= 15 is 0 Å². The van der Waals surface area contributed by atoms with Crippen molar-refractivity contribution in [3.63, 3.8) is 0 Å². The second kappa shape index (κ2) is 12.5. The number of hydrogen-bond donors (Lipinski definition) is 1. The van der Waals surface area contributed by atoms with Crippen molar-refractivity contribution in [1.29, 1.82) is 0 Å². The molecule has 36 heavy (non-hydrogen) atoms. The molecule has 4 heteroatoms. The van der Waals surface area contributed by atoms with Crippen LogP contribution < -0.4 is 5.32 Å². The number of benzene rings is 3. The van der Waals surface area contributed by atoms with Gasteiger partial charge in [-0.05, 0) is 61.9 Å². The number of nitrogens with zero attached hydrogens (tertiary/aromatic N) is 2. The van der Waals surface area contributed by atoms with E-state index in [1.54, 1.807) is 0 Å². The molecule has 0 bridgehead atoms. The number of carbonyl (C=O) groups excluding carboxylic acids is 1. The van der Waals surface area contributed by atoms with Crippen molar-refractivity contribution in [1.82, 2.24) is 14.8 Å². The minimum Gasteiger partial charge on any atom is -0.356 e. The fraction of sp³-hybridized carbons (Fsp3) is 0.344. The van der Waals surface area contributed by atoms with Gasteiger partial charge >= 0.3 is 0 Å². The molecule has 0 saturated heterocycles. The first kappa shape index (κ1) is 25.7. The molecule has 0 aliphatic carbocycles. The van der Waals surface area contributed by atoms with Gasteiger partial charge in [0.25, 0.3) is 0 Å². The summed E-state index contributed by atoms with van der Waals surface area (Å²) in [6.45, 7) is 10.1. The van der Waals surface area contributed by atoms with Crippen LogP contribution in [0.3, 0.4) is 0 Å². The van der Waals surface area contributed by atoms with Gasteiger partial charge in [-0.1, -0.05) is 72.8 Å². The van der Waals surface area contributed by atoms with Crippen molar-refractivity contribution in [2.75, 3.05) is 13.1 Å². The van der Waals surface area contributed by atoms with E-state index in [1.807, 2.05) is 0 Å². The smallest absolute Gasteiger partial charge is 0.220 e. The molecule has 1 aromatic heterocycles. The Hall–Kier alpha value is -3.37. The summed E-state index contributed by atoms with van der Waals surface area (Å²) in [5, 5.41) is 4.38. The molecule has 0 fully saturated rings. The fourth-order valence-electron chi connectivity index (χ4n) is 4.81. The van der Waals surface area contributed by atoms with Gasteiger partial charge in [0.15, 0.2) is 0 Å². The highest BCUT2D eigenvalue weighted by molar-refractivity contribution is 5.85. The van der Waals surface area contributed by atoms with E-state index in [0.29, 0.717) is 19.0 Å². The Bertz CT molecular complexity index is 1260. The normalized spacial score (nSPS) is 11.5. The number of rotatable bonds is 12. The fourth-order valence-corrected chi connectivity index (χ4v) is 4.81. The summed E-state index contributed by atoms with van der Waals surface area (Å²) in [5.74, 6) is 0.130. The van der Waals surface area contributed by atoms with Crippen LogP contribution in [0, 0.1) is 6.92 Å². The van der Waals surface area contributed by atoms with E-state index in [4.69, 9.17) is 0 Å². The lowest BCUT2D eigenvalue weighted by Gasteiger charge is -2.26. The SMILES string of the molecule is Cc1ccccc1Cn1cc(CCC(=O)NCCCN(Cc2ccccc2)C(C)C)c2ccccc21. The third-order valence-corrected chi connectivity index (χ3v) is 7.00. The topological polar surface area (TPSA) is 37.3 Å². The third-order valence-electron chi connectivity index (χ3n) is 7.00. The van der Waals surface area contributed by atoms with Crippen molar-refractivity contribution < 1.29 is 4.79 Å². The maximum absolute atomic E-state index is 12.6. The van der Waals surface area contributed by atoms with Gasteiger partial charge in [0.05, 0.1) is 0 Å². The highest BCUT2D eigenvalue weighted by Gasteiger charge is 2.12. The van der Waals surface area contributed by atoms with Crippen LogP contribution in [0.4, 0.5) is 0 Å². The van der Waals surface area contributed by atoms with Gasteiger partial charge in [-0.3, -0.25) is 9.69 Å². The molecule has 4 nitrogen and oxygen atoms in total. The molecule has 1 heterocycles. The number of aromatic nitrogens is 1. The van der Waals surface area contributed by atoms with Crippen molar-refractivity contribution in [3.8, 4) is 0 Å². The molecular weight excluding hydrogens is 442 g/mol. The lowest BCUT2D eigenvalue weighted by atomic mass is 10.1. The second-order valence-electron chi connectivity index (χ2n) is 9.98. The van der Waals surface area contributed by atoms with E-state index in [-0.39, 0.29) is 5.91 Å². The molecule has 0 saturated carbocycles. The summed E-state index contributed by atoms with van der Waals surface area (Å²) >= 11 is 0. The van der Waals surface area contributed by atoms with Crippen molar-refractivity contribution >= 4 is 16.8 Å². The minimum atomic E-state index is 0.130. The van der Waals surface area contributed by atoms with Crippen LogP contribution in [0.1, 0.15) is 48.9 Å². The molecule has 0 atom stereocenters. The molecular formula is C32H39N3O. The molecule has 0 radical (unpaired) electrons. The molecule has 188 valence electrons. The average Bonchev–Trinajstić information content (AvgIpc) is 3.24. The summed E-state index contributed by atoms with van der Waals surface area (Å²) in [6.07, 6.45) is 4.44. The van der Waals surface area contributed by atoms with Crippen molar-refractivity contribution in [2.45, 2.75) is 59.2 Å². The molecule has 0 spiro atoms. The van der Waals surface area contributed by atoms with Gasteiger partial charge in [0, 0.05) is 55.7 Å². The number of para-hydroxylation sites is 1. The molecule has 0 aliphatic rings. The average molecular weight is 482 g/mol. The Morgan fingerprint density at radius 3 is 2.42 bits per heavy atom. The molecule has 0 unspecified atom stereocenters. The molecule has 4 rings (SSSR count). The monoisotopic (exact) mass is 481 g/mol. The Balaban J connectivity index is 1.28. The summed E-state index contributed by atoms with van der Waals surface area (Å²) < 4.78 is 2.32. The summed E-state index contributed by atoms with van der Waals surface area (Å²) in [4.78, 5) is 15.1. The quantitative estimate of drug-likeness (QED) is 0.240. The number of fused-ring (bicyclic) bond motifs is 1. The Morgan fingerprint density at radius 2 is 1.64 bits per heavy atom. The van der Waals surface area contributed by atoms with E-state index in [9.17, 15) is 4.79 Å². The lowest BCUT2D eigenvalue weighted by molar-refractivity contribution is -0.121. The van der Waals surface area contributed by atoms with E-state index in [0.717, 1.165) is 32.5 Å². The van der Waals surface area contributed by atoms with Crippen LogP contribution in [0.2, 0.25) is 0 Å². The number of aryl methyl sites for hydroxylation is 2. The summed E-state index contributed by atoms with van der Waals surface area (Å²) in [5.41, 5.74) is 6.42. The van der Waals surface area contributed by atoms with Gasteiger partial charge in [-0.2, -0.15) is 0 Å².